The lowest BCUT2D eigenvalue weighted by molar-refractivity contribution is 0.281. The summed E-state index contributed by atoms with van der Waals surface area (Å²) in [5, 5.41) is 11.3. The molecule has 102 valence electrons. The van der Waals surface area contributed by atoms with Gasteiger partial charge in [-0.15, -0.1) is 11.3 Å². The highest BCUT2D eigenvalue weighted by Gasteiger charge is 2.16. The topological polar surface area (TPSA) is 79.3 Å². The lowest BCUT2D eigenvalue weighted by Gasteiger charge is -2.08. The molecule has 19 heavy (non-hydrogen) atoms. The van der Waals surface area contributed by atoms with Gasteiger partial charge in [0.15, 0.2) is 5.13 Å². The Labute approximate surface area is 116 Å². The van der Waals surface area contributed by atoms with Gasteiger partial charge in [0, 0.05) is 5.38 Å². The van der Waals surface area contributed by atoms with Gasteiger partial charge >= 0.3 is 0 Å². The molecule has 7 heteroatoms. The summed E-state index contributed by atoms with van der Waals surface area (Å²) in [4.78, 5) is 4.18. The van der Waals surface area contributed by atoms with Crippen LogP contribution in [0, 0.1) is 13.8 Å². The Morgan fingerprint density at radius 2 is 2.11 bits per heavy atom. The molecule has 1 aromatic carbocycles. The summed E-state index contributed by atoms with van der Waals surface area (Å²) in [5.41, 5.74) is 2.22. The highest BCUT2D eigenvalue weighted by atomic mass is 32.2. The minimum Gasteiger partial charge on any atom is -0.392 e. The second-order valence-electron chi connectivity index (χ2n) is 4.15. The van der Waals surface area contributed by atoms with Crippen LogP contribution in [-0.2, 0) is 16.6 Å². The van der Waals surface area contributed by atoms with Gasteiger partial charge in [-0.1, -0.05) is 6.07 Å². The molecule has 0 aliphatic carbocycles. The first-order valence-electron chi connectivity index (χ1n) is 5.58. The van der Waals surface area contributed by atoms with Crippen LogP contribution in [0.5, 0.6) is 0 Å². The van der Waals surface area contributed by atoms with Crippen LogP contribution in [0.25, 0.3) is 0 Å². The van der Waals surface area contributed by atoms with Gasteiger partial charge in [0.1, 0.15) is 0 Å². The van der Waals surface area contributed by atoms with Crippen molar-refractivity contribution in [1.29, 1.82) is 0 Å². The van der Waals surface area contributed by atoms with E-state index >= 15 is 0 Å². The van der Waals surface area contributed by atoms with Crippen molar-refractivity contribution in [3.05, 3.63) is 40.4 Å². The molecule has 0 radical (unpaired) electrons. The van der Waals surface area contributed by atoms with Crippen LogP contribution in [0.4, 0.5) is 5.13 Å². The average Bonchev–Trinajstić information content (AvgIpc) is 2.74. The third-order valence-electron chi connectivity index (χ3n) is 2.64. The lowest BCUT2D eigenvalue weighted by Crippen LogP contribution is -2.13. The van der Waals surface area contributed by atoms with E-state index in [0.717, 1.165) is 11.3 Å². The molecule has 0 bridgehead atoms. The average molecular weight is 298 g/mol. The van der Waals surface area contributed by atoms with Crippen molar-refractivity contribution in [2.75, 3.05) is 4.72 Å². The van der Waals surface area contributed by atoms with Gasteiger partial charge < -0.3 is 5.11 Å². The number of hydrogen-bond acceptors (Lipinski definition) is 5. The molecule has 2 N–H and O–H groups in total. The van der Waals surface area contributed by atoms with Crippen molar-refractivity contribution in [3.63, 3.8) is 0 Å². The number of aliphatic hydroxyl groups is 1. The first-order chi connectivity index (χ1) is 8.92. The van der Waals surface area contributed by atoms with Crippen LogP contribution >= 0.6 is 11.3 Å². The second-order valence-corrected chi connectivity index (χ2v) is 6.69. The van der Waals surface area contributed by atoms with E-state index < -0.39 is 10.0 Å². The van der Waals surface area contributed by atoms with E-state index in [1.54, 1.807) is 18.4 Å². The second kappa shape index (κ2) is 5.28. The molecule has 2 rings (SSSR count). The smallest absolute Gasteiger partial charge is 0.263 e. The maximum Gasteiger partial charge on any atom is 0.263 e. The number of benzene rings is 1. The number of hydrogen-bond donors (Lipinski definition) is 2. The van der Waals surface area contributed by atoms with Crippen LogP contribution in [0.15, 0.2) is 28.5 Å². The molecule has 2 aromatic rings. The standard InChI is InChI=1S/C12H14N2O3S2/c1-8-3-4-11(5-10(8)6-15)19(16,17)14-12-13-9(2)7-18-12/h3-5,7,15H,6H2,1-2H3,(H,13,14). The Kier molecular flexibility index (Phi) is 3.88. The van der Waals surface area contributed by atoms with Crippen LogP contribution in [0.2, 0.25) is 0 Å². The Hall–Kier alpha value is -1.44. The number of aryl methyl sites for hydroxylation is 2. The minimum absolute atomic E-state index is 0.120. The molecule has 0 unspecified atom stereocenters. The Morgan fingerprint density at radius 3 is 2.68 bits per heavy atom. The maximum absolute atomic E-state index is 12.2. The summed E-state index contributed by atoms with van der Waals surface area (Å²) in [6, 6.07) is 4.66. The number of rotatable bonds is 4. The minimum atomic E-state index is -3.66. The third-order valence-corrected chi connectivity index (χ3v) is 4.98. The first-order valence-corrected chi connectivity index (χ1v) is 7.94. The molecule has 0 aliphatic rings. The SMILES string of the molecule is Cc1csc(NS(=O)(=O)c2ccc(C)c(CO)c2)n1. The van der Waals surface area contributed by atoms with E-state index in [9.17, 15) is 13.5 Å². The summed E-state index contributed by atoms with van der Waals surface area (Å²) in [5.74, 6) is 0. The molecule has 0 aliphatic heterocycles. The molecule has 0 fully saturated rings. The third kappa shape index (κ3) is 3.12. The van der Waals surface area contributed by atoms with Crippen LogP contribution < -0.4 is 4.72 Å². The van der Waals surface area contributed by atoms with E-state index in [0.29, 0.717) is 10.7 Å². The van der Waals surface area contributed by atoms with Crippen LogP contribution in [-0.4, -0.2) is 18.5 Å². The summed E-state index contributed by atoms with van der Waals surface area (Å²) in [6.07, 6.45) is 0. The Bertz CT molecular complexity index is 693. The van der Waals surface area contributed by atoms with E-state index in [1.165, 1.54) is 23.5 Å². The number of nitrogens with zero attached hydrogens (tertiary/aromatic N) is 1. The van der Waals surface area contributed by atoms with Crippen molar-refractivity contribution in [2.24, 2.45) is 0 Å². The molecule has 0 atom stereocenters. The van der Waals surface area contributed by atoms with Gasteiger partial charge in [-0.25, -0.2) is 13.4 Å². The number of aliphatic hydroxyl groups excluding tert-OH is 1. The van der Waals surface area contributed by atoms with Crippen molar-refractivity contribution in [1.82, 2.24) is 4.98 Å². The van der Waals surface area contributed by atoms with Gasteiger partial charge in [0.05, 0.1) is 17.2 Å². The highest BCUT2D eigenvalue weighted by molar-refractivity contribution is 7.93. The molecular weight excluding hydrogens is 284 g/mol. The molecule has 0 spiro atoms. The predicted molar refractivity (Wildman–Crippen MR) is 74.8 cm³/mol. The van der Waals surface area contributed by atoms with Crippen molar-refractivity contribution in [3.8, 4) is 0 Å². The van der Waals surface area contributed by atoms with Crippen molar-refractivity contribution < 1.29 is 13.5 Å². The zero-order valence-corrected chi connectivity index (χ0v) is 12.2. The van der Waals surface area contributed by atoms with Gasteiger partial charge in [0.25, 0.3) is 10.0 Å². The van der Waals surface area contributed by atoms with Gasteiger partial charge in [-0.3, -0.25) is 4.72 Å². The molecule has 0 saturated heterocycles. The molecular formula is C12H14N2O3S2. The van der Waals surface area contributed by atoms with Crippen LogP contribution in [0.1, 0.15) is 16.8 Å². The fraction of sp³-hybridized carbons (Fsp3) is 0.250. The fourth-order valence-electron chi connectivity index (χ4n) is 1.56. The van der Waals surface area contributed by atoms with E-state index in [2.05, 4.69) is 9.71 Å². The summed E-state index contributed by atoms with van der Waals surface area (Å²) >= 11 is 1.23. The normalized spacial score (nSPS) is 11.5. The highest BCUT2D eigenvalue weighted by Crippen LogP contribution is 2.21. The van der Waals surface area contributed by atoms with E-state index in [4.69, 9.17) is 0 Å². The first kappa shape index (κ1) is 14.0. The van der Waals surface area contributed by atoms with Crippen LogP contribution in [0.3, 0.4) is 0 Å². The van der Waals surface area contributed by atoms with E-state index in [1.807, 2.05) is 6.92 Å². The number of nitrogens with one attached hydrogen (secondary N) is 1. The number of anilines is 1. The van der Waals surface area contributed by atoms with Crippen molar-refractivity contribution >= 4 is 26.5 Å². The summed E-state index contributed by atoms with van der Waals surface area (Å²) in [6.45, 7) is 3.43. The summed E-state index contributed by atoms with van der Waals surface area (Å²) in [7, 11) is -3.66. The molecule has 0 amide bonds. The zero-order valence-electron chi connectivity index (χ0n) is 10.5. The number of sulfonamides is 1. The largest absolute Gasteiger partial charge is 0.392 e. The van der Waals surface area contributed by atoms with E-state index in [-0.39, 0.29) is 11.5 Å². The molecule has 0 saturated carbocycles. The quantitative estimate of drug-likeness (QED) is 0.905. The number of thiazole rings is 1. The monoisotopic (exact) mass is 298 g/mol. The molecule has 1 heterocycles. The van der Waals surface area contributed by atoms with Crippen molar-refractivity contribution in [2.45, 2.75) is 25.3 Å². The lowest BCUT2D eigenvalue weighted by atomic mass is 10.1. The maximum atomic E-state index is 12.2. The zero-order chi connectivity index (χ0) is 14.0. The van der Waals surface area contributed by atoms with Gasteiger partial charge in [-0.2, -0.15) is 0 Å². The molecule has 1 aromatic heterocycles. The summed E-state index contributed by atoms with van der Waals surface area (Å²) < 4.78 is 26.8. The number of aromatic nitrogens is 1. The fourth-order valence-corrected chi connectivity index (χ4v) is 3.55. The van der Waals surface area contributed by atoms with Gasteiger partial charge in [-0.05, 0) is 37.1 Å². The predicted octanol–water partition coefficient (Wildman–Crippen LogP) is 2.05. The Morgan fingerprint density at radius 1 is 1.37 bits per heavy atom. The van der Waals surface area contributed by atoms with Gasteiger partial charge in [0.2, 0.25) is 0 Å². The molecule has 5 nitrogen and oxygen atoms in total. The Balaban J connectivity index is 2.34.